The Kier molecular flexibility index (Phi) is 3.06. The zero-order valence-corrected chi connectivity index (χ0v) is 12.0. The fourth-order valence-corrected chi connectivity index (χ4v) is 4.60. The molecule has 2 aliphatic rings. The normalized spacial score (nSPS) is 21.1. The fourth-order valence-electron chi connectivity index (χ4n) is 2.68. The van der Waals surface area contributed by atoms with Crippen LogP contribution in [0.15, 0.2) is 18.2 Å². The smallest absolute Gasteiger partial charge is 0.238 e. The maximum Gasteiger partial charge on any atom is 0.238 e. The average molecular weight is 280 g/mol. The molecule has 0 spiro atoms. The van der Waals surface area contributed by atoms with E-state index in [0.717, 1.165) is 42.5 Å². The molecular formula is C14H20N2O2S. The van der Waals surface area contributed by atoms with Gasteiger partial charge in [0.05, 0.1) is 10.9 Å². The monoisotopic (exact) mass is 280 g/mol. The summed E-state index contributed by atoms with van der Waals surface area (Å²) < 4.78 is 26.5. The first-order chi connectivity index (χ1) is 9.00. The summed E-state index contributed by atoms with van der Waals surface area (Å²) in [5.74, 6) is 0. The molecule has 19 heavy (non-hydrogen) atoms. The van der Waals surface area contributed by atoms with Gasteiger partial charge in [0.1, 0.15) is 0 Å². The molecule has 1 heterocycles. The van der Waals surface area contributed by atoms with Gasteiger partial charge in [0.25, 0.3) is 0 Å². The van der Waals surface area contributed by atoms with Crippen molar-refractivity contribution in [3.05, 3.63) is 29.3 Å². The molecule has 1 aliphatic heterocycles. The van der Waals surface area contributed by atoms with Crippen molar-refractivity contribution >= 4 is 15.7 Å². The van der Waals surface area contributed by atoms with Crippen LogP contribution in [0.3, 0.4) is 0 Å². The third kappa shape index (κ3) is 2.25. The van der Waals surface area contributed by atoms with Crippen LogP contribution in [-0.2, 0) is 16.4 Å². The summed E-state index contributed by atoms with van der Waals surface area (Å²) in [7, 11) is -3.13. The van der Waals surface area contributed by atoms with Gasteiger partial charge in [-0.05, 0) is 49.8 Å². The maximum atomic E-state index is 12.4. The maximum absolute atomic E-state index is 12.4. The molecule has 0 aromatic heterocycles. The Balaban J connectivity index is 2.01. The number of hydrogen-bond donors (Lipinski definition) is 1. The quantitative estimate of drug-likeness (QED) is 0.920. The van der Waals surface area contributed by atoms with Gasteiger partial charge in [-0.3, -0.25) is 4.31 Å². The van der Waals surface area contributed by atoms with Crippen molar-refractivity contribution in [3.63, 3.8) is 0 Å². The number of aryl methyl sites for hydroxylation is 1. The van der Waals surface area contributed by atoms with Crippen LogP contribution >= 0.6 is 0 Å². The third-order valence-electron chi connectivity index (χ3n) is 3.96. The molecule has 2 N–H and O–H groups in total. The molecule has 104 valence electrons. The van der Waals surface area contributed by atoms with Crippen LogP contribution in [0.5, 0.6) is 0 Å². The highest BCUT2D eigenvalue weighted by atomic mass is 32.2. The Hall–Kier alpha value is -1.07. The highest BCUT2D eigenvalue weighted by Crippen LogP contribution is 2.37. The summed E-state index contributed by atoms with van der Waals surface area (Å²) in [6, 6.07) is 5.92. The number of fused-ring (bicyclic) bond motifs is 1. The minimum Gasteiger partial charge on any atom is -0.324 e. The summed E-state index contributed by atoms with van der Waals surface area (Å²) >= 11 is 0. The first-order valence-corrected chi connectivity index (χ1v) is 8.40. The van der Waals surface area contributed by atoms with Crippen LogP contribution in [0.25, 0.3) is 0 Å². The van der Waals surface area contributed by atoms with E-state index >= 15 is 0 Å². The van der Waals surface area contributed by atoms with Crippen LogP contribution in [0.1, 0.15) is 43.4 Å². The van der Waals surface area contributed by atoms with Gasteiger partial charge < -0.3 is 5.73 Å². The molecule has 0 radical (unpaired) electrons. The minimum atomic E-state index is -3.13. The van der Waals surface area contributed by atoms with Gasteiger partial charge in [-0.25, -0.2) is 8.42 Å². The van der Waals surface area contributed by atoms with Gasteiger partial charge in [0, 0.05) is 12.6 Å². The lowest BCUT2D eigenvalue weighted by Crippen LogP contribution is -2.37. The number of benzene rings is 1. The van der Waals surface area contributed by atoms with Crippen molar-refractivity contribution in [2.45, 2.75) is 43.9 Å². The average Bonchev–Trinajstić information content (AvgIpc) is 3.21. The number of rotatable bonds is 3. The van der Waals surface area contributed by atoms with Gasteiger partial charge >= 0.3 is 0 Å². The van der Waals surface area contributed by atoms with E-state index in [1.807, 2.05) is 19.1 Å². The topological polar surface area (TPSA) is 63.4 Å². The minimum absolute atomic E-state index is 0.0132. The molecule has 1 fully saturated rings. The Morgan fingerprint density at radius 2 is 2.11 bits per heavy atom. The molecule has 1 unspecified atom stereocenters. The van der Waals surface area contributed by atoms with Crippen molar-refractivity contribution in [2.75, 3.05) is 10.8 Å². The van der Waals surface area contributed by atoms with Crippen LogP contribution in [-0.4, -0.2) is 20.2 Å². The number of nitrogens with two attached hydrogens (primary N) is 1. The summed E-state index contributed by atoms with van der Waals surface area (Å²) in [6.07, 6.45) is 3.45. The Labute approximate surface area is 114 Å². The van der Waals surface area contributed by atoms with E-state index in [1.165, 1.54) is 0 Å². The molecule has 1 saturated carbocycles. The van der Waals surface area contributed by atoms with Gasteiger partial charge in [0.15, 0.2) is 0 Å². The second-order valence-electron chi connectivity index (χ2n) is 5.60. The third-order valence-corrected chi connectivity index (χ3v) is 6.27. The van der Waals surface area contributed by atoms with Gasteiger partial charge in [-0.2, -0.15) is 0 Å². The SMILES string of the molecule is CC(N)c1ccc2c(c1)CCCN2S(=O)(=O)C1CC1. The van der Waals surface area contributed by atoms with Gasteiger partial charge in [-0.1, -0.05) is 12.1 Å². The van der Waals surface area contributed by atoms with Crippen LogP contribution in [0, 0.1) is 0 Å². The molecule has 0 bridgehead atoms. The van der Waals surface area contributed by atoms with E-state index in [1.54, 1.807) is 4.31 Å². The van der Waals surface area contributed by atoms with E-state index < -0.39 is 10.0 Å². The number of sulfonamides is 1. The Morgan fingerprint density at radius 3 is 2.74 bits per heavy atom. The second-order valence-corrected chi connectivity index (χ2v) is 7.73. The predicted molar refractivity (Wildman–Crippen MR) is 76.7 cm³/mol. The van der Waals surface area contributed by atoms with Crippen LogP contribution in [0.4, 0.5) is 5.69 Å². The van der Waals surface area contributed by atoms with Crippen molar-refractivity contribution in [3.8, 4) is 0 Å². The molecular weight excluding hydrogens is 260 g/mol. The molecule has 0 saturated heterocycles. The van der Waals surface area contributed by atoms with E-state index in [9.17, 15) is 8.42 Å². The first kappa shape index (κ1) is 12.9. The van der Waals surface area contributed by atoms with Gasteiger partial charge in [-0.15, -0.1) is 0 Å². The van der Waals surface area contributed by atoms with E-state index in [-0.39, 0.29) is 11.3 Å². The molecule has 1 aliphatic carbocycles. The predicted octanol–water partition coefficient (Wildman–Crippen LogP) is 1.95. The Bertz CT molecular complexity index is 591. The molecule has 1 atom stereocenters. The second kappa shape index (κ2) is 4.49. The summed E-state index contributed by atoms with van der Waals surface area (Å²) in [6.45, 7) is 2.56. The zero-order valence-electron chi connectivity index (χ0n) is 11.2. The van der Waals surface area contributed by atoms with E-state index in [0.29, 0.717) is 6.54 Å². The largest absolute Gasteiger partial charge is 0.324 e. The molecule has 3 rings (SSSR count). The molecule has 0 amide bonds. The van der Waals surface area contributed by atoms with Gasteiger partial charge in [0.2, 0.25) is 10.0 Å². The summed E-state index contributed by atoms with van der Waals surface area (Å²) in [5.41, 5.74) is 8.95. The molecule has 1 aromatic carbocycles. The van der Waals surface area contributed by atoms with E-state index in [4.69, 9.17) is 5.73 Å². The summed E-state index contributed by atoms with van der Waals surface area (Å²) in [4.78, 5) is 0. The number of anilines is 1. The molecule has 1 aromatic rings. The lowest BCUT2D eigenvalue weighted by molar-refractivity contribution is 0.585. The standard InChI is InChI=1S/C14H20N2O2S/c1-10(15)11-4-7-14-12(9-11)3-2-8-16(14)19(17,18)13-5-6-13/h4,7,9-10,13H,2-3,5-6,8,15H2,1H3. The molecule has 4 nitrogen and oxygen atoms in total. The molecule has 5 heteroatoms. The first-order valence-electron chi connectivity index (χ1n) is 6.90. The van der Waals surface area contributed by atoms with Crippen LogP contribution in [0.2, 0.25) is 0 Å². The highest BCUT2D eigenvalue weighted by molar-refractivity contribution is 7.93. The fraction of sp³-hybridized carbons (Fsp3) is 0.571. The summed E-state index contributed by atoms with van der Waals surface area (Å²) in [5, 5.41) is -0.147. The van der Waals surface area contributed by atoms with Crippen molar-refractivity contribution < 1.29 is 8.42 Å². The van der Waals surface area contributed by atoms with Crippen LogP contribution < -0.4 is 10.0 Å². The number of hydrogen-bond acceptors (Lipinski definition) is 3. The highest BCUT2D eigenvalue weighted by Gasteiger charge is 2.41. The lowest BCUT2D eigenvalue weighted by Gasteiger charge is -2.31. The number of nitrogens with zero attached hydrogens (tertiary/aromatic N) is 1. The van der Waals surface area contributed by atoms with Crippen molar-refractivity contribution in [1.29, 1.82) is 0 Å². The van der Waals surface area contributed by atoms with Crippen molar-refractivity contribution in [2.24, 2.45) is 5.73 Å². The van der Waals surface area contributed by atoms with Crippen molar-refractivity contribution in [1.82, 2.24) is 0 Å². The van der Waals surface area contributed by atoms with E-state index in [2.05, 4.69) is 6.07 Å². The zero-order chi connectivity index (χ0) is 13.6. The lowest BCUT2D eigenvalue weighted by atomic mass is 9.98. The Morgan fingerprint density at radius 1 is 1.37 bits per heavy atom.